The molecule has 128 valence electrons. The number of hydrogen-bond donors (Lipinski definition) is 1. The summed E-state index contributed by atoms with van der Waals surface area (Å²) in [6, 6.07) is 9.94. The van der Waals surface area contributed by atoms with E-state index < -0.39 is 23.1 Å². The van der Waals surface area contributed by atoms with Gasteiger partial charge in [-0.1, -0.05) is 12.1 Å². The monoisotopic (exact) mass is 342 g/mol. The summed E-state index contributed by atoms with van der Waals surface area (Å²) < 4.78 is 27.9. The zero-order valence-corrected chi connectivity index (χ0v) is 13.8. The fourth-order valence-electron chi connectivity index (χ4n) is 2.86. The van der Waals surface area contributed by atoms with Crippen molar-refractivity contribution in [2.75, 3.05) is 0 Å². The number of carbonyl (C=O) groups is 1. The number of halogens is 2. The van der Waals surface area contributed by atoms with Crippen LogP contribution < -0.4 is 10.9 Å². The van der Waals surface area contributed by atoms with E-state index in [2.05, 4.69) is 5.32 Å². The molecule has 0 fully saturated rings. The predicted molar refractivity (Wildman–Crippen MR) is 91.5 cm³/mol. The van der Waals surface area contributed by atoms with Gasteiger partial charge in [-0.15, -0.1) is 0 Å². The van der Waals surface area contributed by atoms with Crippen LogP contribution in [0.5, 0.6) is 0 Å². The molecule has 0 aliphatic heterocycles. The van der Waals surface area contributed by atoms with Gasteiger partial charge >= 0.3 is 0 Å². The van der Waals surface area contributed by atoms with Crippen molar-refractivity contribution in [2.45, 2.75) is 13.5 Å². The topological polar surface area (TPSA) is 51.1 Å². The second kappa shape index (κ2) is 6.47. The van der Waals surface area contributed by atoms with Gasteiger partial charge in [-0.3, -0.25) is 9.59 Å². The molecule has 6 heteroatoms. The highest BCUT2D eigenvalue weighted by molar-refractivity contribution is 6.00. The van der Waals surface area contributed by atoms with E-state index in [1.54, 1.807) is 25.1 Å². The van der Waals surface area contributed by atoms with Crippen LogP contribution in [0.2, 0.25) is 0 Å². The maximum absolute atomic E-state index is 13.5. The first-order valence-corrected chi connectivity index (χ1v) is 7.70. The number of nitrogens with zero attached hydrogens (tertiary/aromatic N) is 1. The molecule has 0 spiro atoms. The summed E-state index contributed by atoms with van der Waals surface area (Å²) in [6.45, 7) is 1.75. The molecule has 25 heavy (non-hydrogen) atoms. The Kier molecular flexibility index (Phi) is 4.35. The molecule has 0 aliphatic carbocycles. The summed E-state index contributed by atoms with van der Waals surface area (Å²) in [5.41, 5.74) is 0.982. The predicted octanol–water partition coefficient (Wildman–Crippen LogP) is 3.06. The van der Waals surface area contributed by atoms with Crippen LogP contribution >= 0.6 is 0 Å². The number of benzene rings is 2. The summed E-state index contributed by atoms with van der Waals surface area (Å²) in [5.74, 6) is -1.40. The number of aromatic nitrogens is 1. The molecule has 1 N–H and O–H groups in total. The molecule has 0 saturated heterocycles. The molecule has 3 rings (SSSR count). The number of fused-ring (bicyclic) bond motifs is 1. The Hall–Kier alpha value is -3.02. The fourth-order valence-corrected chi connectivity index (χ4v) is 2.86. The van der Waals surface area contributed by atoms with Gasteiger partial charge in [0, 0.05) is 19.0 Å². The molecule has 0 bridgehead atoms. The highest BCUT2D eigenvalue weighted by atomic mass is 19.1. The average Bonchev–Trinajstić information content (AvgIpc) is 2.58. The molecular weight excluding hydrogens is 326 g/mol. The minimum atomic E-state index is -0.548. The lowest BCUT2D eigenvalue weighted by Gasteiger charge is -2.13. The van der Waals surface area contributed by atoms with E-state index in [0.717, 1.165) is 0 Å². The third kappa shape index (κ3) is 3.15. The quantitative estimate of drug-likeness (QED) is 0.795. The van der Waals surface area contributed by atoms with Crippen LogP contribution in [0.25, 0.3) is 10.9 Å². The SMILES string of the molecule is Cc1c(C(=O)NCc2cccc(F)c2)c(=O)n(C)c2cc(F)ccc12. The van der Waals surface area contributed by atoms with Crippen LogP contribution in [0.15, 0.2) is 47.3 Å². The van der Waals surface area contributed by atoms with Crippen molar-refractivity contribution >= 4 is 16.8 Å². The molecule has 2 aromatic carbocycles. The Morgan fingerprint density at radius 3 is 2.56 bits per heavy atom. The highest BCUT2D eigenvalue weighted by Gasteiger charge is 2.18. The number of amides is 1. The maximum Gasteiger partial charge on any atom is 0.263 e. The average molecular weight is 342 g/mol. The first kappa shape index (κ1) is 16.8. The molecule has 3 aromatic rings. The zero-order valence-electron chi connectivity index (χ0n) is 13.8. The summed E-state index contributed by atoms with van der Waals surface area (Å²) in [7, 11) is 1.49. The third-order valence-electron chi connectivity index (χ3n) is 4.19. The number of carbonyl (C=O) groups excluding carboxylic acids is 1. The number of aryl methyl sites for hydroxylation is 2. The number of rotatable bonds is 3. The van der Waals surface area contributed by atoms with E-state index in [1.807, 2.05) is 0 Å². The van der Waals surface area contributed by atoms with Crippen LogP contribution in [0.1, 0.15) is 21.5 Å². The second-order valence-electron chi connectivity index (χ2n) is 5.84. The first-order valence-electron chi connectivity index (χ1n) is 7.70. The molecule has 0 saturated carbocycles. The van der Waals surface area contributed by atoms with E-state index >= 15 is 0 Å². The van der Waals surface area contributed by atoms with Crippen LogP contribution in [0, 0.1) is 18.6 Å². The normalized spacial score (nSPS) is 10.9. The first-order chi connectivity index (χ1) is 11.9. The van der Waals surface area contributed by atoms with Gasteiger partial charge in [0.25, 0.3) is 11.5 Å². The van der Waals surface area contributed by atoms with E-state index in [9.17, 15) is 18.4 Å². The third-order valence-corrected chi connectivity index (χ3v) is 4.19. The van der Waals surface area contributed by atoms with Crippen molar-refractivity contribution in [3.8, 4) is 0 Å². The molecule has 0 unspecified atom stereocenters. The van der Waals surface area contributed by atoms with Crippen molar-refractivity contribution < 1.29 is 13.6 Å². The Morgan fingerprint density at radius 2 is 1.84 bits per heavy atom. The van der Waals surface area contributed by atoms with Gasteiger partial charge in [-0.05, 0) is 48.4 Å². The van der Waals surface area contributed by atoms with Gasteiger partial charge in [0.15, 0.2) is 0 Å². The van der Waals surface area contributed by atoms with Crippen molar-refractivity contribution in [1.82, 2.24) is 9.88 Å². The molecule has 0 radical (unpaired) electrons. The van der Waals surface area contributed by atoms with Crippen LogP contribution in [0.4, 0.5) is 8.78 Å². The summed E-state index contributed by atoms with van der Waals surface area (Å²) in [5, 5.41) is 3.26. The lowest BCUT2D eigenvalue weighted by molar-refractivity contribution is 0.0948. The van der Waals surface area contributed by atoms with Crippen molar-refractivity contribution in [2.24, 2.45) is 7.05 Å². The molecule has 0 aliphatic rings. The number of nitrogens with one attached hydrogen (secondary N) is 1. The summed E-state index contributed by atoms with van der Waals surface area (Å²) >= 11 is 0. The van der Waals surface area contributed by atoms with Gasteiger partial charge in [-0.2, -0.15) is 0 Å². The standard InChI is InChI=1S/C19H16F2N2O2/c1-11-15-7-6-14(21)9-16(15)23(2)19(25)17(11)18(24)22-10-12-4-3-5-13(20)8-12/h3-9H,10H2,1-2H3,(H,22,24). The minimum absolute atomic E-state index is 0.00184. The Balaban J connectivity index is 1.99. The smallest absolute Gasteiger partial charge is 0.263 e. The molecule has 4 nitrogen and oxygen atoms in total. The lowest BCUT2D eigenvalue weighted by Crippen LogP contribution is -2.33. The largest absolute Gasteiger partial charge is 0.348 e. The molecule has 1 amide bonds. The summed E-state index contributed by atoms with van der Waals surface area (Å²) in [4.78, 5) is 25.1. The van der Waals surface area contributed by atoms with E-state index in [-0.39, 0.29) is 12.1 Å². The Bertz CT molecular complexity index is 1040. The van der Waals surface area contributed by atoms with E-state index in [0.29, 0.717) is 22.0 Å². The van der Waals surface area contributed by atoms with Crippen molar-refractivity contribution in [3.05, 3.63) is 81.1 Å². The fraction of sp³-hybridized carbons (Fsp3) is 0.158. The van der Waals surface area contributed by atoms with Gasteiger partial charge in [0.1, 0.15) is 17.2 Å². The van der Waals surface area contributed by atoms with E-state index in [4.69, 9.17) is 0 Å². The Morgan fingerprint density at radius 1 is 1.12 bits per heavy atom. The number of hydrogen-bond acceptors (Lipinski definition) is 2. The van der Waals surface area contributed by atoms with Crippen LogP contribution in [-0.2, 0) is 13.6 Å². The van der Waals surface area contributed by atoms with Gasteiger partial charge in [-0.25, -0.2) is 8.78 Å². The molecule has 1 heterocycles. The Labute approximate surface area is 142 Å². The number of pyridine rings is 1. The van der Waals surface area contributed by atoms with Crippen molar-refractivity contribution in [1.29, 1.82) is 0 Å². The zero-order chi connectivity index (χ0) is 18.1. The van der Waals surface area contributed by atoms with Crippen molar-refractivity contribution in [3.63, 3.8) is 0 Å². The molecular formula is C19H16F2N2O2. The van der Waals surface area contributed by atoms with Crippen LogP contribution in [0.3, 0.4) is 0 Å². The van der Waals surface area contributed by atoms with Crippen LogP contribution in [-0.4, -0.2) is 10.5 Å². The molecule has 0 atom stereocenters. The second-order valence-corrected chi connectivity index (χ2v) is 5.84. The maximum atomic E-state index is 13.5. The summed E-state index contributed by atoms with van der Waals surface area (Å²) in [6.07, 6.45) is 0. The minimum Gasteiger partial charge on any atom is -0.348 e. The lowest BCUT2D eigenvalue weighted by atomic mass is 10.0. The van der Waals surface area contributed by atoms with Gasteiger partial charge < -0.3 is 9.88 Å². The van der Waals surface area contributed by atoms with Gasteiger partial charge in [0.2, 0.25) is 0 Å². The highest BCUT2D eigenvalue weighted by Crippen LogP contribution is 2.20. The molecule has 1 aromatic heterocycles. The van der Waals surface area contributed by atoms with E-state index in [1.165, 1.54) is 35.9 Å². The van der Waals surface area contributed by atoms with Gasteiger partial charge in [0.05, 0.1) is 5.52 Å².